The van der Waals surface area contributed by atoms with E-state index in [4.69, 9.17) is 9.31 Å². The first-order valence-electron chi connectivity index (χ1n) is 7.77. The summed E-state index contributed by atoms with van der Waals surface area (Å²) in [6, 6.07) is 0. The highest BCUT2D eigenvalue weighted by molar-refractivity contribution is 6.49. The molecule has 1 unspecified atom stereocenters. The summed E-state index contributed by atoms with van der Waals surface area (Å²) in [5.41, 5.74) is 2.91. The minimum atomic E-state index is -0.196. The van der Waals surface area contributed by atoms with E-state index < -0.39 is 0 Å². The maximum absolute atomic E-state index is 5.67. The van der Waals surface area contributed by atoms with E-state index in [2.05, 4.69) is 53.7 Å². The van der Waals surface area contributed by atoms with E-state index in [0.717, 1.165) is 6.42 Å². The largest absolute Gasteiger partial charge is 0.467 e. The molecule has 1 atom stereocenters. The average Bonchev–Trinajstić information content (AvgIpc) is 2.39. The van der Waals surface area contributed by atoms with Crippen molar-refractivity contribution >= 4 is 7.12 Å². The molecule has 0 spiro atoms. The van der Waals surface area contributed by atoms with Gasteiger partial charge in [0.25, 0.3) is 0 Å². The van der Waals surface area contributed by atoms with Crippen molar-refractivity contribution in [2.75, 3.05) is 14.2 Å². The van der Waals surface area contributed by atoms with Gasteiger partial charge < -0.3 is 9.31 Å². The van der Waals surface area contributed by atoms with E-state index in [1.54, 1.807) is 14.2 Å². The van der Waals surface area contributed by atoms with Gasteiger partial charge in [0.15, 0.2) is 0 Å². The van der Waals surface area contributed by atoms with Crippen LogP contribution in [0.5, 0.6) is 0 Å². The van der Waals surface area contributed by atoms with Crippen molar-refractivity contribution in [3.63, 3.8) is 0 Å². The van der Waals surface area contributed by atoms with Gasteiger partial charge in [-0.15, -0.1) is 0 Å². The summed E-state index contributed by atoms with van der Waals surface area (Å²) < 4.78 is 11.3. The lowest BCUT2D eigenvalue weighted by Gasteiger charge is -2.42. The molecule has 2 nitrogen and oxygen atoms in total. The van der Waals surface area contributed by atoms with Crippen LogP contribution in [0, 0.1) is 17.8 Å². The highest BCUT2D eigenvalue weighted by Gasteiger charge is 2.48. The van der Waals surface area contributed by atoms with Crippen LogP contribution >= 0.6 is 0 Å². The molecule has 0 aromatic carbocycles. The number of hydrogen-bond donors (Lipinski definition) is 0. The van der Waals surface area contributed by atoms with Gasteiger partial charge in [0.05, 0.1) is 0 Å². The lowest BCUT2D eigenvalue weighted by Crippen LogP contribution is -2.41. The van der Waals surface area contributed by atoms with Crippen LogP contribution in [0.4, 0.5) is 0 Å². The Kier molecular flexibility index (Phi) is 6.09. The molecule has 0 amide bonds. The van der Waals surface area contributed by atoms with Crippen molar-refractivity contribution < 1.29 is 9.31 Å². The third-order valence-corrected chi connectivity index (χ3v) is 4.65. The molecule has 3 heteroatoms. The predicted octanol–water partition coefficient (Wildman–Crippen LogP) is 4.73. The summed E-state index contributed by atoms with van der Waals surface area (Å²) in [7, 11) is 3.29. The summed E-state index contributed by atoms with van der Waals surface area (Å²) in [5, 5.41) is -0.0720. The molecule has 1 aliphatic carbocycles. The van der Waals surface area contributed by atoms with Crippen molar-refractivity contribution in [2.45, 2.75) is 53.3 Å². The Balaban J connectivity index is 3.34. The summed E-state index contributed by atoms with van der Waals surface area (Å²) in [4.78, 5) is 0. The second-order valence-electron chi connectivity index (χ2n) is 6.92. The molecule has 1 rings (SSSR count). The van der Waals surface area contributed by atoms with Gasteiger partial charge in [-0.25, -0.2) is 0 Å². The topological polar surface area (TPSA) is 18.5 Å². The zero-order valence-corrected chi connectivity index (χ0v) is 14.5. The van der Waals surface area contributed by atoms with E-state index in [1.807, 2.05) is 0 Å². The summed E-state index contributed by atoms with van der Waals surface area (Å²) in [6.45, 7) is 13.6. The van der Waals surface area contributed by atoms with E-state index in [9.17, 15) is 0 Å². The quantitative estimate of drug-likeness (QED) is 0.654. The molecule has 0 aromatic rings. The Morgan fingerprint density at radius 2 is 1.55 bits per heavy atom. The van der Waals surface area contributed by atoms with Crippen LogP contribution in [0.1, 0.15) is 48.0 Å². The number of allylic oxidation sites excluding steroid dienone is 4. The van der Waals surface area contributed by atoms with Gasteiger partial charge in [0.2, 0.25) is 0 Å². The zero-order valence-electron chi connectivity index (χ0n) is 14.5. The lowest BCUT2D eigenvalue weighted by molar-refractivity contribution is 0.228. The Morgan fingerprint density at radius 1 is 1.00 bits per heavy atom. The Labute approximate surface area is 125 Å². The van der Waals surface area contributed by atoms with Crippen LogP contribution in [-0.2, 0) is 9.31 Å². The van der Waals surface area contributed by atoms with Crippen molar-refractivity contribution in [3.8, 4) is 0 Å². The van der Waals surface area contributed by atoms with Crippen LogP contribution < -0.4 is 0 Å². The normalized spacial score (nSPS) is 23.4. The van der Waals surface area contributed by atoms with E-state index in [-0.39, 0.29) is 12.4 Å². The fourth-order valence-electron chi connectivity index (χ4n) is 3.06. The molecule has 20 heavy (non-hydrogen) atoms. The van der Waals surface area contributed by atoms with Crippen LogP contribution in [-0.4, -0.2) is 21.3 Å². The van der Waals surface area contributed by atoms with E-state index >= 15 is 0 Å². The monoisotopic (exact) mass is 278 g/mol. The molecule has 0 saturated carbocycles. The number of rotatable bonds is 6. The van der Waals surface area contributed by atoms with Crippen LogP contribution in [0.2, 0.25) is 5.31 Å². The SMILES string of the molecule is COB(OC)C1(C(C)C)C=C(C(C)C)C=C(C(C)C)C1. The standard InChI is InChI=1S/C17H31BO2/c1-12(2)15-9-16(13(3)4)11-17(10-15,14(5)6)18(19-7)20-8/h9-10,12-14H,11H2,1-8H3. The first-order chi connectivity index (χ1) is 9.28. The van der Waals surface area contributed by atoms with Crippen molar-refractivity contribution in [2.24, 2.45) is 17.8 Å². The first kappa shape index (κ1) is 17.5. The highest BCUT2D eigenvalue weighted by atomic mass is 16.6. The fraction of sp³-hybridized carbons (Fsp3) is 0.765. The van der Waals surface area contributed by atoms with Gasteiger partial charge in [0, 0.05) is 19.5 Å². The van der Waals surface area contributed by atoms with Gasteiger partial charge in [-0.2, -0.15) is 0 Å². The van der Waals surface area contributed by atoms with Gasteiger partial charge in [-0.05, 0) is 29.7 Å². The summed E-state index contributed by atoms with van der Waals surface area (Å²) >= 11 is 0. The number of hydrogen-bond acceptors (Lipinski definition) is 2. The molecule has 1 aliphatic rings. The Morgan fingerprint density at radius 3 is 1.90 bits per heavy atom. The molecule has 0 fully saturated rings. The third kappa shape index (κ3) is 3.37. The molecular formula is C17H31BO2. The summed E-state index contributed by atoms with van der Waals surface area (Å²) in [5.74, 6) is 1.55. The van der Waals surface area contributed by atoms with Crippen molar-refractivity contribution in [1.29, 1.82) is 0 Å². The van der Waals surface area contributed by atoms with E-state index in [0.29, 0.717) is 17.8 Å². The van der Waals surface area contributed by atoms with Crippen molar-refractivity contribution in [3.05, 3.63) is 23.3 Å². The van der Waals surface area contributed by atoms with Crippen molar-refractivity contribution in [1.82, 2.24) is 0 Å². The van der Waals surface area contributed by atoms with Crippen LogP contribution in [0.3, 0.4) is 0 Å². The second-order valence-corrected chi connectivity index (χ2v) is 6.92. The predicted molar refractivity (Wildman–Crippen MR) is 87.8 cm³/mol. The maximum atomic E-state index is 5.67. The molecule has 0 N–H and O–H groups in total. The molecule has 0 bridgehead atoms. The van der Waals surface area contributed by atoms with Gasteiger partial charge in [-0.3, -0.25) is 0 Å². The maximum Gasteiger partial charge on any atom is 0.467 e. The van der Waals surface area contributed by atoms with Gasteiger partial charge in [0.1, 0.15) is 0 Å². The summed E-state index contributed by atoms with van der Waals surface area (Å²) in [6.07, 6.45) is 5.81. The highest BCUT2D eigenvalue weighted by Crippen LogP contribution is 2.51. The molecule has 0 heterocycles. The molecule has 114 valence electrons. The molecule has 0 saturated heterocycles. The Hall–Kier alpha value is -0.535. The molecular weight excluding hydrogens is 247 g/mol. The third-order valence-electron chi connectivity index (χ3n) is 4.65. The lowest BCUT2D eigenvalue weighted by atomic mass is 9.47. The molecule has 0 aromatic heterocycles. The fourth-order valence-corrected chi connectivity index (χ4v) is 3.06. The zero-order chi connectivity index (χ0) is 15.5. The Bertz CT molecular complexity index is 378. The minimum Gasteiger partial charge on any atom is -0.413 e. The van der Waals surface area contributed by atoms with Crippen LogP contribution in [0.25, 0.3) is 0 Å². The second kappa shape index (κ2) is 6.95. The first-order valence-corrected chi connectivity index (χ1v) is 7.77. The average molecular weight is 278 g/mol. The molecule has 0 radical (unpaired) electrons. The van der Waals surface area contributed by atoms with Gasteiger partial charge in [-0.1, -0.05) is 59.3 Å². The molecule has 0 aliphatic heterocycles. The van der Waals surface area contributed by atoms with E-state index in [1.165, 1.54) is 11.1 Å². The smallest absolute Gasteiger partial charge is 0.413 e. The van der Waals surface area contributed by atoms with Gasteiger partial charge >= 0.3 is 7.12 Å². The minimum absolute atomic E-state index is 0.0720. The van der Waals surface area contributed by atoms with Crippen LogP contribution in [0.15, 0.2) is 23.3 Å².